The molecule has 0 saturated carbocycles. The average molecular weight is 769 g/mol. The second-order valence-electron chi connectivity index (χ2n) is 14.5. The Labute approximate surface area is 348 Å². The fourth-order valence-electron chi connectivity index (χ4n) is 7.54. The zero-order valence-corrected chi connectivity index (χ0v) is 32.5. The molecular formula is C54H36N6. The third kappa shape index (κ3) is 7.73. The van der Waals surface area contributed by atoms with Gasteiger partial charge in [0.25, 0.3) is 0 Å². The van der Waals surface area contributed by atoms with Crippen molar-refractivity contribution in [3.05, 3.63) is 219 Å². The maximum Gasteiger partial charge on any atom is 0.164 e. The predicted octanol–water partition coefficient (Wildman–Crippen LogP) is 13.1. The fourth-order valence-corrected chi connectivity index (χ4v) is 7.54. The van der Waals surface area contributed by atoms with Crippen molar-refractivity contribution in [1.82, 2.24) is 29.9 Å². The van der Waals surface area contributed by atoms with E-state index in [2.05, 4.69) is 161 Å². The summed E-state index contributed by atoms with van der Waals surface area (Å²) >= 11 is 0. The lowest BCUT2D eigenvalue weighted by Crippen LogP contribution is -2.00. The third-order valence-electron chi connectivity index (χ3n) is 10.6. The Kier molecular flexibility index (Phi) is 9.84. The van der Waals surface area contributed by atoms with Crippen molar-refractivity contribution in [3.63, 3.8) is 0 Å². The van der Waals surface area contributed by atoms with Crippen LogP contribution >= 0.6 is 0 Å². The van der Waals surface area contributed by atoms with Gasteiger partial charge in [-0.05, 0) is 140 Å². The van der Waals surface area contributed by atoms with Crippen molar-refractivity contribution in [2.45, 2.75) is 0 Å². The van der Waals surface area contributed by atoms with E-state index in [4.69, 9.17) is 15.0 Å². The van der Waals surface area contributed by atoms with Crippen LogP contribution in [0.15, 0.2) is 219 Å². The van der Waals surface area contributed by atoms with E-state index in [9.17, 15) is 0 Å². The van der Waals surface area contributed by atoms with Crippen molar-refractivity contribution in [3.8, 4) is 101 Å². The highest BCUT2D eigenvalue weighted by Gasteiger charge is 2.15. The number of aromatic nitrogens is 6. The minimum absolute atomic E-state index is 0.595. The largest absolute Gasteiger partial charge is 0.265 e. The molecule has 6 heteroatoms. The summed E-state index contributed by atoms with van der Waals surface area (Å²) in [5.74, 6) is 1.78. The van der Waals surface area contributed by atoms with E-state index in [1.165, 1.54) is 0 Å². The minimum atomic E-state index is 0.595. The molecule has 10 rings (SSSR count). The lowest BCUT2D eigenvalue weighted by atomic mass is 9.97. The van der Waals surface area contributed by atoms with E-state index in [-0.39, 0.29) is 0 Å². The molecule has 0 atom stereocenters. The van der Waals surface area contributed by atoms with Crippen LogP contribution in [0.1, 0.15) is 0 Å². The first-order valence-corrected chi connectivity index (χ1v) is 19.8. The monoisotopic (exact) mass is 768 g/mol. The topological polar surface area (TPSA) is 77.3 Å². The summed E-state index contributed by atoms with van der Waals surface area (Å²) in [5.41, 5.74) is 15.9. The molecule has 6 aromatic carbocycles. The van der Waals surface area contributed by atoms with E-state index < -0.39 is 0 Å². The number of pyridine rings is 3. The highest BCUT2D eigenvalue weighted by Crippen LogP contribution is 2.34. The molecule has 60 heavy (non-hydrogen) atoms. The lowest BCUT2D eigenvalue weighted by Gasteiger charge is -2.12. The molecule has 4 heterocycles. The first kappa shape index (κ1) is 36.1. The zero-order chi connectivity index (χ0) is 40.1. The maximum atomic E-state index is 5.18. The summed E-state index contributed by atoms with van der Waals surface area (Å²) in [6.45, 7) is 0. The summed E-state index contributed by atoms with van der Waals surface area (Å²) in [5, 5.41) is 0. The maximum absolute atomic E-state index is 5.18. The van der Waals surface area contributed by atoms with Gasteiger partial charge in [-0.3, -0.25) is 15.0 Å². The van der Waals surface area contributed by atoms with E-state index in [1.807, 2.05) is 73.6 Å². The highest BCUT2D eigenvalue weighted by atomic mass is 15.0. The number of rotatable bonds is 9. The number of hydrogen-bond donors (Lipinski definition) is 0. The van der Waals surface area contributed by atoms with Gasteiger partial charge in [0.2, 0.25) is 0 Å². The molecule has 0 aliphatic rings. The third-order valence-corrected chi connectivity index (χ3v) is 10.6. The Morgan fingerprint density at radius 3 is 0.600 bits per heavy atom. The summed E-state index contributed by atoms with van der Waals surface area (Å²) in [6, 6.07) is 63.2. The first-order chi connectivity index (χ1) is 29.7. The second kappa shape index (κ2) is 16.3. The van der Waals surface area contributed by atoms with Crippen LogP contribution in [0.2, 0.25) is 0 Å². The van der Waals surface area contributed by atoms with Crippen molar-refractivity contribution in [2.75, 3.05) is 0 Å². The number of benzene rings is 6. The smallest absolute Gasteiger partial charge is 0.164 e. The van der Waals surface area contributed by atoms with Gasteiger partial charge in [-0.25, -0.2) is 15.0 Å². The van der Waals surface area contributed by atoms with Crippen LogP contribution in [0.4, 0.5) is 0 Å². The van der Waals surface area contributed by atoms with Gasteiger partial charge in [-0.1, -0.05) is 109 Å². The summed E-state index contributed by atoms with van der Waals surface area (Å²) in [6.07, 6.45) is 10.9. The van der Waals surface area contributed by atoms with E-state index >= 15 is 0 Å². The van der Waals surface area contributed by atoms with Crippen molar-refractivity contribution in [2.24, 2.45) is 0 Å². The molecule has 0 fully saturated rings. The average Bonchev–Trinajstić information content (AvgIpc) is 3.35. The van der Waals surface area contributed by atoms with Crippen LogP contribution in [-0.2, 0) is 0 Å². The summed E-state index contributed by atoms with van der Waals surface area (Å²) < 4.78 is 0. The van der Waals surface area contributed by atoms with Crippen LogP contribution in [0.5, 0.6) is 0 Å². The standard InChI is InChI=1S/C54H36N6/c1-7-40(37-19-25-55-26-20-37)31-43(10-1)46-13-4-16-49(34-46)52-58-53(50-17-5-14-47(35-50)44-11-2-8-41(32-44)38-21-27-56-28-22-38)60-54(59-52)51-18-6-15-48(36-51)45-12-3-9-42(33-45)39-23-29-57-30-24-39/h1-36H. The normalized spacial score (nSPS) is 11.0. The van der Waals surface area contributed by atoms with E-state index in [0.717, 1.165) is 83.5 Å². The van der Waals surface area contributed by atoms with E-state index in [1.54, 1.807) is 0 Å². The van der Waals surface area contributed by atoms with Gasteiger partial charge in [-0.2, -0.15) is 0 Å². The Bertz CT molecular complexity index is 2750. The Morgan fingerprint density at radius 1 is 0.183 bits per heavy atom. The van der Waals surface area contributed by atoms with Crippen LogP contribution < -0.4 is 0 Å². The number of nitrogens with zero attached hydrogens (tertiary/aromatic N) is 6. The zero-order valence-electron chi connectivity index (χ0n) is 32.5. The van der Waals surface area contributed by atoms with Gasteiger partial charge in [-0.15, -0.1) is 0 Å². The van der Waals surface area contributed by atoms with Gasteiger partial charge < -0.3 is 0 Å². The minimum Gasteiger partial charge on any atom is -0.265 e. The Morgan fingerprint density at radius 2 is 0.367 bits per heavy atom. The van der Waals surface area contributed by atoms with Crippen LogP contribution in [0.3, 0.4) is 0 Å². The highest BCUT2D eigenvalue weighted by molar-refractivity contribution is 5.80. The Hall–Kier alpha value is -8.22. The molecule has 0 N–H and O–H groups in total. The molecule has 10 aromatic rings. The Balaban J connectivity index is 1.07. The molecule has 0 amide bonds. The fraction of sp³-hybridized carbons (Fsp3) is 0. The summed E-state index contributed by atoms with van der Waals surface area (Å²) in [7, 11) is 0. The molecular weight excluding hydrogens is 733 g/mol. The number of hydrogen-bond acceptors (Lipinski definition) is 6. The van der Waals surface area contributed by atoms with Gasteiger partial charge in [0.15, 0.2) is 17.5 Å². The van der Waals surface area contributed by atoms with Crippen molar-refractivity contribution >= 4 is 0 Å². The first-order valence-electron chi connectivity index (χ1n) is 19.8. The van der Waals surface area contributed by atoms with Gasteiger partial charge in [0, 0.05) is 53.9 Å². The molecule has 6 nitrogen and oxygen atoms in total. The SMILES string of the molecule is c1cc(-c2ccncc2)cc(-c2cccc(-c3nc(-c4cccc(-c5cccc(-c6ccncc6)c5)c4)nc(-c4cccc(-c5cccc(-c6ccncc6)c5)c4)n3)c2)c1. The van der Waals surface area contributed by atoms with Crippen LogP contribution in [0.25, 0.3) is 101 Å². The predicted molar refractivity (Wildman–Crippen MR) is 242 cm³/mol. The molecule has 0 spiro atoms. The molecule has 0 aliphatic carbocycles. The van der Waals surface area contributed by atoms with Crippen molar-refractivity contribution < 1.29 is 0 Å². The van der Waals surface area contributed by atoms with Gasteiger partial charge in [0.05, 0.1) is 0 Å². The molecule has 0 bridgehead atoms. The van der Waals surface area contributed by atoms with E-state index in [0.29, 0.717) is 17.5 Å². The lowest BCUT2D eigenvalue weighted by molar-refractivity contribution is 1.07. The van der Waals surface area contributed by atoms with Crippen LogP contribution in [0, 0.1) is 0 Å². The molecule has 0 radical (unpaired) electrons. The van der Waals surface area contributed by atoms with Crippen LogP contribution in [-0.4, -0.2) is 29.9 Å². The second-order valence-corrected chi connectivity index (χ2v) is 14.5. The molecule has 282 valence electrons. The molecule has 0 aliphatic heterocycles. The molecule has 0 unspecified atom stereocenters. The molecule has 4 aromatic heterocycles. The van der Waals surface area contributed by atoms with Gasteiger partial charge in [0.1, 0.15) is 0 Å². The quantitative estimate of drug-likeness (QED) is 0.145. The molecule has 0 saturated heterocycles. The van der Waals surface area contributed by atoms with Gasteiger partial charge >= 0.3 is 0 Å². The van der Waals surface area contributed by atoms with Crippen molar-refractivity contribution in [1.29, 1.82) is 0 Å². The summed E-state index contributed by atoms with van der Waals surface area (Å²) in [4.78, 5) is 28.2.